The van der Waals surface area contributed by atoms with Gasteiger partial charge in [-0.25, -0.2) is 0 Å². The standard InChI is InChI=1S/C53H88O6/c1-4-7-10-13-16-19-22-25-28-31-34-37-40-43-46-52(55)58-49-50(48-57-51(54)45-42-39-36-33-30-27-24-21-18-15-12-9-6-3)59-53(56)47-44-41-38-35-32-29-26-23-20-17-14-11-8-5-2/h9,12,15,18,21,24,27-33,36,50H,4-8,10-11,13-14,16-17,19-20,22-23,25-26,34-35,37-49H2,1-3H3/b12-9+,18-15+,24-21+,30-27+,31-28+,32-29+,36-33+. The van der Waals surface area contributed by atoms with Crippen LogP contribution in [0.15, 0.2) is 85.1 Å². The summed E-state index contributed by atoms with van der Waals surface area (Å²) in [5.74, 6) is -1.03. The first-order chi connectivity index (χ1) is 29.0. The molecule has 1 atom stereocenters. The SMILES string of the molecule is CC/C=C/C=C/C=C/C=C/C=C/CCCC(=O)OCC(COC(=O)CCCCC/C=C/CCCCCCCCC)OC(=O)CCCCC/C=C/CCCCCCCCC. The molecule has 0 aromatic rings. The number of ether oxygens (including phenoxy) is 3. The van der Waals surface area contributed by atoms with Crippen LogP contribution < -0.4 is 0 Å². The number of allylic oxidation sites excluding steroid dienone is 14. The number of unbranched alkanes of at least 4 members (excludes halogenated alkanes) is 21. The van der Waals surface area contributed by atoms with Gasteiger partial charge in [0.05, 0.1) is 0 Å². The highest BCUT2D eigenvalue weighted by Gasteiger charge is 2.19. The maximum atomic E-state index is 12.7. The number of carbonyl (C=O) groups is 3. The lowest BCUT2D eigenvalue weighted by Gasteiger charge is -2.18. The first-order valence-corrected chi connectivity index (χ1v) is 24.2. The molecule has 0 amide bonds. The summed E-state index contributed by atoms with van der Waals surface area (Å²) in [6.45, 7) is 6.38. The van der Waals surface area contributed by atoms with Crippen LogP contribution in [0.4, 0.5) is 0 Å². The van der Waals surface area contributed by atoms with E-state index in [4.69, 9.17) is 14.2 Å². The van der Waals surface area contributed by atoms with Gasteiger partial charge >= 0.3 is 17.9 Å². The Morgan fingerprint density at radius 3 is 1.14 bits per heavy atom. The van der Waals surface area contributed by atoms with Crippen molar-refractivity contribution in [1.29, 1.82) is 0 Å². The van der Waals surface area contributed by atoms with Crippen molar-refractivity contribution in [2.45, 2.75) is 219 Å². The van der Waals surface area contributed by atoms with Crippen molar-refractivity contribution >= 4 is 17.9 Å². The third-order valence-electron chi connectivity index (χ3n) is 9.98. The van der Waals surface area contributed by atoms with Crippen LogP contribution in [0.2, 0.25) is 0 Å². The van der Waals surface area contributed by atoms with Gasteiger partial charge in [0.15, 0.2) is 6.10 Å². The van der Waals surface area contributed by atoms with Crippen LogP contribution in [0.5, 0.6) is 0 Å². The van der Waals surface area contributed by atoms with Crippen LogP contribution >= 0.6 is 0 Å². The summed E-state index contributed by atoms with van der Waals surface area (Å²) in [6, 6.07) is 0. The Morgan fingerprint density at radius 2 is 0.695 bits per heavy atom. The molecule has 6 heteroatoms. The fourth-order valence-corrected chi connectivity index (χ4v) is 6.34. The Kier molecular flexibility index (Phi) is 44.5. The molecule has 0 aromatic heterocycles. The summed E-state index contributed by atoms with van der Waals surface area (Å²) in [7, 11) is 0. The van der Waals surface area contributed by atoms with Gasteiger partial charge in [0.2, 0.25) is 0 Å². The largest absolute Gasteiger partial charge is 0.462 e. The van der Waals surface area contributed by atoms with E-state index in [9.17, 15) is 14.4 Å². The molecule has 0 aliphatic carbocycles. The first kappa shape index (κ1) is 55.6. The van der Waals surface area contributed by atoms with Gasteiger partial charge < -0.3 is 14.2 Å². The van der Waals surface area contributed by atoms with Gasteiger partial charge in [0.1, 0.15) is 13.2 Å². The number of hydrogen-bond acceptors (Lipinski definition) is 6. The second-order valence-corrected chi connectivity index (χ2v) is 15.8. The molecule has 6 nitrogen and oxygen atoms in total. The topological polar surface area (TPSA) is 78.9 Å². The zero-order valence-electron chi connectivity index (χ0n) is 38.2. The summed E-state index contributed by atoms with van der Waals surface area (Å²) in [5.41, 5.74) is 0. The molecule has 0 heterocycles. The van der Waals surface area contributed by atoms with E-state index in [1.807, 2.05) is 54.7 Å². The summed E-state index contributed by atoms with van der Waals surface area (Å²) < 4.78 is 16.6. The molecule has 0 aromatic carbocycles. The van der Waals surface area contributed by atoms with Crippen molar-refractivity contribution in [3.63, 3.8) is 0 Å². The lowest BCUT2D eigenvalue weighted by atomic mass is 10.1. The maximum Gasteiger partial charge on any atom is 0.306 e. The Bertz CT molecular complexity index is 1170. The van der Waals surface area contributed by atoms with Gasteiger partial charge in [-0.15, -0.1) is 0 Å². The van der Waals surface area contributed by atoms with Crippen LogP contribution in [0.1, 0.15) is 213 Å². The smallest absolute Gasteiger partial charge is 0.306 e. The van der Waals surface area contributed by atoms with Crippen LogP contribution in [0.3, 0.4) is 0 Å². The van der Waals surface area contributed by atoms with E-state index in [-0.39, 0.29) is 44.0 Å². The zero-order chi connectivity index (χ0) is 43.0. The monoisotopic (exact) mass is 821 g/mol. The fourth-order valence-electron chi connectivity index (χ4n) is 6.34. The molecular weight excluding hydrogens is 733 g/mol. The molecule has 59 heavy (non-hydrogen) atoms. The van der Waals surface area contributed by atoms with E-state index in [2.05, 4.69) is 51.2 Å². The molecule has 0 aliphatic rings. The highest BCUT2D eigenvalue weighted by atomic mass is 16.6. The van der Waals surface area contributed by atoms with Crippen molar-refractivity contribution in [2.75, 3.05) is 13.2 Å². The number of carbonyl (C=O) groups excluding carboxylic acids is 3. The Labute approximate surface area is 363 Å². The van der Waals surface area contributed by atoms with Gasteiger partial charge in [-0.05, 0) is 83.5 Å². The van der Waals surface area contributed by atoms with E-state index >= 15 is 0 Å². The van der Waals surface area contributed by atoms with Gasteiger partial charge in [-0.1, -0.05) is 196 Å². The quantitative estimate of drug-likeness (QED) is 0.0201. The predicted molar refractivity (Wildman–Crippen MR) is 251 cm³/mol. The van der Waals surface area contributed by atoms with Crippen molar-refractivity contribution in [2.24, 2.45) is 0 Å². The van der Waals surface area contributed by atoms with Crippen molar-refractivity contribution in [1.82, 2.24) is 0 Å². The lowest BCUT2D eigenvalue weighted by molar-refractivity contribution is -0.167. The Hall–Kier alpha value is -3.41. The van der Waals surface area contributed by atoms with Crippen molar-refractivity contribution in [3.05, 3.63) is 85.1 Å². The van der Waals surface area contributed by atoms with E-state index in [1.165, 1.54) is 89.9 Å². The van der Waals surface area contributed by atoms with E-state index in [1.54, 1.807) is 0 Å². The van der Waals surface area contributed by atoms with Crippen molar-refractivity contribution in [3.8, 4) is 0 Å². The van der Waals surface area contributed by atoms with Crippen molar-refractivity contribution < 1.29 is 28.6 Å². The summed E-state index contributed by atoms with van der Waals surface area (Å²) in [6.07, 6.45) is 60.0. The minimum atomic E-state index is -0.818. The predicted octanol–water partition coefficient (Wildman–Crippen LogP) is 15.6. The normalized spacial score (nSPS) is 12.8. The summed E-state index contributed by atoms with van der Waals surface area (Å²) in [5, 5.41) is 0. The molecule has 0 N–H and O–H groups in total. The number of hydrogen-bond donors (Lipinski definition) is 0. The number of rotatable bonds is 42. The molecule has 0 radical (unpaired) electrons. The molecule has 0 saturated heterocycles. The Balaban J connectivity index is 4.54. The molecule has 336 valence electrons. The van der Waals surface area contributed by atoms with Gasteiger partial charge in [0.25, 0.3) is 0 Å². The summed E-state index contributed by atoms with van der Waals surface area (Å²) >= 11 is 0. The van der Waals surface area contributed by atoms with Gasteiger partial charge in [-0.2, -0.15) is 0 Å². The minimum Gasteiger partial charge on any atom is -0.462 e. The average molecular weight is 821 g/mol. The average Bonchev–Trinajstić information content (AvgIpc) is 3.23. The number of esters is 3. The maximum absolute atomic E-state index is 12.7. The third kappa shape index (κ3) is 45.5. The third-order valence-corrected chi connectivity index (χ3v) is 9.98. The molecule has 0 aliphatic heterocycles. The van der Waals surface area contributed by atoms with Crippen LogP contribution in [-0.2, 0) is 28.6 Å². The van der Waals surface area contributed by atoms with Gasteiger partial charge in [0, 0.05) is 19.3 Å². The summed E-state index contributed by atoms with van der Waals surface area (Å²) in [4.78, 5) is 37.8. The van der Waals surface area contributed by atoms with Crippen LogP contribution in [0, 0.1) is 0 Å². The van der Waals surface area contributed by atoms with E-state index in [0.29, 0.717) is 12.8 Å². The van der Waals surface area contributed by atoms with Crippen LogP contribution in [-0.4, -0.2) is 37.2 Å². The molecule has 0 saturated carbocycles. The molecule has 0 spiro atoms. The molecule has 0 fully saturated rings. The van der Waals surface area contributed by atoms with Crippen LogP contribution in [0.25, 0.3) is 0 Å². The van der Waals surface area contributed by atoms with E-state index in [0.717, 1.165) is 77.0 Å². The molecule has 0 rings (SSSR count). The molecule has 0 bridgehead atoms. The van der Waals surface area contributed by atoms with E-state index < -0.39 is 6.10 Å². The second kappa shape index (κ2) is 47.3. The molecular formula is C53H88O6. The lowest BCUT2D eigenvalue weighted by Crippen LogP contribution is -2.30. The fraction of sp³-hybridized carbons (Fsp3) is 0.679. The minimum absolute atomic E-state index is 0.114. The highest BCUT2D eigenvalue weighted by molar-refractivity contribution is 5.71. The molecule has 1 unspecified atom stereocenters. The second-order valence-electron chi connectivity index (χ2n) is 15.8. The first-order valence-electron chi connectivity index (χ1n) is 24.2. The Morgan fingerprint density at radius 1 is 0.356 bits per heavy atom. The van der Waals surface area contributed by atoms with Gasteiger partial charge in [-0.3, -0.25) is 14.4 Å². The highest BCUT2D eigenvalue weighted by Crippen LogP contribution is 2.13. The zero-order valence-corrected chi connectivity index (χ0v) is 38.2.